The molecule has 1 N–H and O–H groups in total. The van der Waals surface area contributed by atoms with Crippen LogP contribution in [0.2, 0.25) is 0 Å². The lowest BCUT2D eigenvalue weighted by Gasteiger charge is -2.13. The van der Waals surface area contributed by atoms with Crippen molar-refractivity contribution >= 4 is 32.9 Å². The van der Waals surface area contributed by atoms with Crippen LogP contribution in [0.1, 0.15) is 23.0 Å². The lowest BCUT2D eigenvalue weighted by molar-refractivity contribution is 0.0692. The zero-order valence-corrected chi connectivity index (χ0v) is 14.7. The van der Waals surface area contributed by atoms with Crippen LogP contribution in [-0.2, 0) is 17.9 Å². The number of halogens is 1. The number of carbonyl (C=O) groups is 1. The van der Waals surface area contributed by atoms with E-state index in [0.29, 0.717) is 34.4 Å². The first-order valence-electron chi connectivity index (χ1n) is 7.28. The second-order valence-electron chi connectivity index (χ2n) is 5.14. The Labute approximate surface area is 146 Å². The van der Waals surface area contributed by atoms with Gasteiger partial charge in [0, 0.05) is 47.0 Å². The third-order valence-corrected chi connectivity index (χ3v) is 4.08. The largest absolute Gasteiger partial charge is 0.478 e. The summed E-state index contributed by atoms with van der Waals surface area (Å²) in [5, 5.41) is 14.8. The van der Waals surface area contributed by atoms with Gasteiger partial charge in [0.2, 0.25) is 0 Å². The van der Waals surface area contributed by atoms with Gasteiger partial charge in [-0.2, -0.15) is 5.10 Å². The summed E-state index contributed by atoms with van der Waals surface area (Å²) in [5.74, 6) is -1.06. The molecular formula is C16H15BrN4O3. The number of carboxylic acid groups (broad SMARTS) is 1. The Bertz CT molecular complexity index is 923. The monoisotopic (exact) mass is 390 g/mol. The lowest BCUT2D eigenvalue weighted by atomic mass is 9.97. The molecule has 0 atom stereocenters. The SMILES string of the molecule is CCn1ncc2c(-c3cncc(Br)c3)c(C(=O)O)c(COC)nc21. The number of aryl methyl sites for hydroxylation is 1. The molecule has 8 heteroatoms. The van der Waals surface area contributed by atoms with E-state index < -0.39 is 5.97 Å². The van der Waals surface area contributed by atoms with Gasteiger partial charge in [0.1, 0.15) is 0 Å². The summed E-state index contributed by atoms with van der Waals surface area (Å²) < 4.78 is 7.64. The summed E-state index contributed by atoms with van der Waals surface area (Å²) in [7, 11) is 1.51. The highest BCUT2D eigenvalue weighted by Gasteiger charge is 2.24. The van der Waals surface area contributed by atoms with Crippen LogP contribution >= 0.6 is 15.9 Å². The van der Waals surface area contributed by atoms with Gasteiger partial charge in [0.05, 0.1) is 24.1 Å². The molecule has 0 unspecified atom stereocenters. The number of aromatic nitrogens is 4. The number of pyridine rings is 2. The Balaban J connectivity index is 2.44. The highest BCUT2D eigenvalue weighted by atomic mass is 79.9. The molecule has 24 heavy (non-hydrogen) atoms. The maximum atomic E-state index is 11.9. The standard InChI is InChI=1S/C16H15BrN4O3/c1-3-21-15-11(7-19-21)13(9-4-10(17)6-18-5-9)14(16(22)23)12(20-15)8-24-2/h4-7H,3,8H2,1-2H3,(H,22,23). The molecule has 0 saturated heterocycles. The average Bonchev–Trinajstić information content (AvgIpc) is 2.96. The van der Waals surface area contributed by atoms with Crippen LogP contribution in [0.15, 0.2) is 29.1 Å². The third-order valence-electron chi connectivity index (χ3n) is 3.65. The first kappa shape index (κ1) is 16.5. The van der Waals surface area contributed by atoms with E-state index in [-0.39, 0.29) is 12.2 Å². The van der Waals surface area contributed by atoms with E-state index >= 15 is 0 Å². The number of nitrogens with zero attached hydrogens (tertiary/aromatic N) is 4. The molecule has 0 amide bonds. The summed E-state index contributed by atoms with van der Waals surface area (Å²) in [6, 6.07) is 1.83. The molecule has 0 aromatic carbocycles. The fourth-order valence-corrected chi connectivity index (χ4v) is 3.05. The molecule has 0 fully saturated rings. The van der Waals surface area contributed by atoms with Crippen LogP contribution in [0.5, 0.6) is 0 Å². The van der Waals surface area contributed by atoms with E-state index in [1.54, 1.807) is 23.3 Å². The van der Waals surface area contributed by atoms with Crippen molar-refractivity contribution < 1.29 is 14.6 Å². The molecule has 3 aromatic heterocycles. The highest BCUT2D eigenvalue weighted by Crippen LogP contribution is 2.34. The minimum atomic E-state index is -1.06. The fraction of sp³-hybridized carbons (Fsp3) is 0.250. The summed E-state index contributed by atoms with van der Waals surface area (Å²) in [6.07, 6.45) is 4.92. The van der Waals surface area contributed by atoms with Gasteiger partial charge < -0.3 is 9.84 Å². The summed E-state index contributed by atoms with van der Waals surface area (Å²) >= 11 is 3.38. The zero-order valence-electron chi connectivity index (χ0n) is 13.2. The molecule has 0 aliphatic rings. The van der Waals surface area contributed by atoms with Gasteiger partial charge in [0.25, 0.3) is 0 Å². The van der Waals surface area contributed by atoms with Crippen LogP contribution in [0.4, 0.5) is 0 Å². The first-order chi connectivity index (χ1) is 11.6. The van der Waals surface area contributed by atoms with Crippen LogP contribution in [0.3, 0.4) is 0 Å². The van der Waals surface area contributed by atoms with Crippen molar-refractivity contribution in [3.8, 4) is 11.1 Å². The molecule has 0 saturated carbocycles. The van der Waals surface area contributed by atoms with E-state index in [0.717, 1.165) is 4.47 Å². The molecule has 0 bridgehead atoms. The number of rotatable bonds is 5. The highest BCUT2D eigenvalue weighted by molar-refractivity contribution is 9.10. The summed E-state index contributed by atoms with van der Waals surface area (Å²) in [6.45, 7) is 2.68. The van der Waals surface area contributed by atoms with E-state index in [1.165, 1.54) is 7.11 Å². The second-order valence-corrected chi connectivity index (χ2v) is 6.05. The Morgan fingerprint density at radius 2 is 2.17 bits per heavy atom. The Morgan fingerprint density at radius 1 is 1.38 bits per heavy atom. The van der Waals surface area contributed by atoms with E-state index in [1.807, 2.05) is 13.0 Å². The second kappa shape index (κ2) is 6.66. The van der Waals surface area contributed by atoms with Gasteiger partial charge in [-0.1, -0.05) is 0 Å². The first-order valence-corrected chi connectivity index (χ1v) is 8.07. The Morgan fingerprint density at radius 3 is 2.79 bits per heavy atom. The van der Waals surface area contributed by atoms with Crippen molar-refractivity contribution in [1.82, 2.24) is 19.7 Å². The Hall–Kier alpha value is -2.32. The molecule has 0 spiro atoms. The molecule has 0 aliphatic carbocycles. The minimum Gasteiger partial charge on any atom is -0.478 e. The number of hydrogen-bond acceptors (Lipinski definition) is 5. The van der Waals surface area contributed by atoms with Crippen LogP contribution in [0, 0.1) is 0 Å². The molecule has 0 radical (unpaired) electrons. The van der Waals surface area contributed by atoms with E-state index in [4.69, 9.17) is 4.74 Å². The maximum Gasteiger partial charge on any atom is 0.338 e. The number of carboxylic acids is 1. The predicted octanol–water partition coefficient (Wildman–Crippen LogP) is 3.12. The minimum absolute atomic E-state index is 0.0981. The number of fused-ring (bicyclic) bond motifs is 1. The van der Waals surface area contributed by atoms with Gasteiger partial charge in [-0.3, -0.25) is 4.98 Å². The fourth-order valence-electron chi connectivity index (χ4n) is 2.69. The smallest absolute Gasteiger partial charge is 0.338 e. The maximum absolute atomic E-state index is 11.9. The predicted molar refractivity (Wildman–Crippen MR) is 91.8 cm³/mol. The molecule has 3 rings (SSSR count). The number of methoxy groups -OCH3 is 1. The molecule has 7 nitrogen and oxygen atoms in total. The van der Waals surface area contributed by atoms with Crippen molar-refractivity contribution in [3.63, 3.8) is 0 Å². The molecular weight excluding hydrogens is 376 g/mol. The van der Waals surface area contributed by atoms with Crippen molar-refractivity contribution in [2.45, 2.75) is 20.1 Å². The quantitative estimate of drug-likeness (QED) is 0.719. The third kappa shape index (κ3) is 2.78. The summed E-state index contributed by atoms with van der Waals surface area (Å²) in [4.78, 5) is 20.6. The zero-order chi connectivity index (χ0) is 17.3. The van der Waals surface area contributed by atoms with E-state index in [9.17, 15) is 9.90 Å². The number of ether oxygens (including phenoxy) is 1. The van der Waals surface area contributed by atoms with Crippen LogP contribution in [-0.4, -0.2) is 37.9 Å². The van der Waals surface area contributed by atoms with Gasteiger partial charge in [-0.15, -0.1) is 0 Å². The topological polar surface area (TPSA) is 90.1 Å². The van der Waals surface area contributed by atoms with Gasteiger partial charge in [0.15, 0.2) is 5.65 Å². The van der Waals surface area contributed by atoms with Crippen molar-refractivity contribution in [2.75, 3.05) is 7.11 Å². The van der Waals surface area contributed by atoms with Crippen LogP contribution < -0.4 is 0 Å². The van der Waals surface area contributed by atoms with E-state index in [2.05, 4.69) is 31.0 Å². The van der Waals surface area contributed by atoms with Gasteiger partial charge in [-0.05, 0) is 28.9 Å². The average molecular weight is 391 g/mol. The molecule has 0 aliphatic heterocycles. The van der Waals surface area contributed by atoms with Crippen molar-refractivity contribution in [3.05, 3.63) is 40.4 Å². The number of hydrogen-bond donors (Lipinski definition) is 1. The van der Waals surface area contributed by atoms with Crippen LogP contribution in [0.25, 0.3) is 22.2 Å². The normalized spacial score (nSPS) is 11.1. The molecule has 3 aromatic rings. The van der Waals surface area contributed by atoms with Gasteiger partial charge >= 0.3 is 5.97 Å². The summed E-state index contributed by atoms with van der Waals surface area (Å²) in [5.41, 5.74) is 2.34. The lowest BCUT2D eigenvalue weighted by Crippen LogP contribution is -2.10. The van der Waals surface area contributed by atoms with Crippen molar-refractivity contribution in [2.24, 2.45) is 0 Å². The molecule has 3 heterocycles. The van der Waals surface area contributed by atoms with Crippen molar-refractivity contribution in [1.29, 1.82) is 0 Å². The molecule has 124 valence electrons. The number of aromatic carboxylic acids is 1. The van der Waals surface area contributed by atoms with Gasteiger partial charge in [-0.25, -0.2) is 14.5 Å². The Kier molecular flexibility index (Phi) is 4.59.